The monoisotopic (exact) mass is 302 g/mol. The first-order valence-corrected chi connectivity index (χ1v) is 6.58. The molecule has 8 heteroatoms. The molecule has 0 spiro atoms. The van der Waals surface area contributed by atoms with Crippen LogP contribution in [0.1, 0.15) is 13.8 Å². The first kappa shape index (κ1) is 14.1. The minimum atomic E-state index is -1.25. The Labute approximate surface area is 125 Å². The molecule has 3 rings (SSSR count). The zero-order chi connectivity index (χ0) is 15.9. The number of rotatable bonds is 2. The SMILES string of the molecule is Cn1nc2ccc(NC=C3C(=O)OC(C)(C)OC3=O)cc2n1. The zero-order valence-corrected chi connectivity index (χ0v) is 12.3. The Kier molecular flexibility index (Phi) is 3.09. The van der Waals surface area contributed by atoms with E-state index in [1.165, 1.54) is 24.8 Å². The Hall–Kier alpha value is -2.90. The number of aromatic nitrogens is 3. The lowest BCUT2D eigenvalue weighted by molar-refractivity contribution is -0.222. The lowest BCUT2D eigenvalue weighted by atomic mass is 10.2. The number of esters is 2. The van der Waals surface area contributed by atoms with Crippen molar-refractivity contribution in [3.05, 3.63) is 30.0 Å². The van der Waals surface area contributed by atoms with E-state index in [0.717, 1.165) is 5.52 Å². The third-order valence-electron chi connectivity index (χ3n) is 2.98. The molecule has 1 aromatic heterocycles. The third kappa shape index (κ3) is 2.62. The van der Waals surface area contributed by atoms with E-state index < -0.39 is 17.7 Å². The van der Waals surface area contributed by atoms with E-state index in [1.807, 2.05) is 0 Å². The molecule has 2 aromatic rings. The molecule has 1 N–H and O–H groups in total. The van der Waals surface area contributed by atoms with E-state index in [4.69, 9.17) is 9.47 Å². The van der Waals surface area contributed by atoms with Crippen molar-refractivity contribution < 1.29 is 19.1 Å². The van der Waals surface area contributed by atoms with Gasteiger partial charge in [-0.25, -0.2) is 9.59 Å². The smallest absolute Gasteiger partial charge is 0.350 e. The summed E-state index contributed by atoms with van der Waals surface area (Å²) in [6.45, 7) is 2.99. The molecular weight excluding hydrogens is 288 g/mol. The fraction of sp³-hybridized carbons (Fsp3) is 0.286. The van der Waals surface area contributed by atoms with Crippen molar-refractivity contribution in [3.63, 3.8) is 0 Å². The van der Waals surface area contributed by atoms with Crippen LogP contribution in [0.3, 0.4) is 0 Å². The average molecular weight is 302 g/mol. The van der Waals surface area contributed by atoms with Gasteiger partial charge in [-0.15, -0.1) is 0 Å². The number of hydrogen-bond donors (Lipinski definition) is 1. The number of nitrogens with one attached hydrogen (secondary N) is 1. The number of anilines is 1. The molecule has 2 heterocycles. The van der Waals surface area contributed by atoms with Crippen LogP contribution >= 0.6 is 0 Å². The van der Waals surface area contributed by atoms with Gasteiger partial charge in [0.05, 0.1) is 0 Å². The van der Waals surface area contributed by atoms with Crippen molar-refractivity contribution in [2.24, 2.45) is 7.05 Å². The van der Waals surface area contributed by atoms with Gasteiger partial charge in [-0.2, -0.15) is 15.0 Å². The van der Waals surface area contributed by atoms with Crippen LogP contribution in [0.25, 0.3) is 11.0 Å². The molecular formula is C14H14N4O4. The molecule has 0 saturated carbocycles. The summed E-state index contributed by atoms with van der Waals surface area (Å²) in [6.07, 6.45) is 1.26. The fourth-order valence-corrected chi connectivity index (χ4v) is 2.05. The predicted molar refractivity (Wildman–Crippen MR) is 76.5 cm³/mol. The molecule has 1 aliphatic rings. The van der Waals surface area contributed by atoms with Gasteiger partial charge in [0, 0.05) is 32.8 Å². The Morgan fingerprint density at radius 2 is 1.77 bits per heavy atom. The second-order valence-electron chi connectivity index (χ2n) is 5.27. The molecule has 0 radical (unpaired) electrons. The van der Waals surface area contributed by atoms with Crippen LogP contribution < -0.4 is 5.32 Å². The van der Waals surface area contributed by atoms with E-state index in [0.29, 0.717) is 11.2 Å². The Balaban J connectivity index is 1.82. The Morgan fingerprint density at radius 3 is 2.45 bits per heavy atom. The highest BCUT2D eigenvalue weighted by molar-refractivity contribution is 6.15. The topological polar surface area (TPSA) is 95.3 Å². The number of fused-ring (bicyclic) bond motifs is 1. The van der Waals surface area contributed by atoms with E-state index >= 15 is 0 Å². The minimum absolute atomic E-state index is 0.196. The highest BCUT2D eigenvalue weighted by Gasteiger charge is 2.38. The van der Waals surface area contributed by atoms with Crippen molar-refractivity contribution in [2.75, 3.05) is 5.32 Å². The Morgan fingerprint density at radius 1 is 1.14 bits per heavy atom. The Bertz CT molecular complexity index is 784. The summed E-state index contributed by atoms with van der Waals surface area (Å²) in [7, 11) is 1.73. The summed E-state index contributed by atoms with van der Waals surface area (Å²) in [6, 6.07) is 5.30. The molecule has 1 saturated heterocycles. The molecule has 0 aliphatic carbocycles. The quantitative estimate of drug-likeness (QED) is 0.504. The van der Waals surface area contributed by atoms with Gasteiger partial charge in [0.25, 0.3) is 5.79 Å². The molecule has 0 bridgehead atoms. The molecule has 22 heavy (non-hydrogen) atoms. The lowest BCUT2D eigenvalue weighted by Crippen LogP contribution is -2.42. The first-order valence-electron chi connectivity index (χ1n) is 6.58. The zero-order valence-electron chi connectivity index (χ0n) is 12.3. The molecule has 1 aliphatic heterocycles. The van der Waals surface area contributed by atoms with Crippen LogP contribution in [0.4, 0.5) is 5.69 Å². The van der Waals surface area contributed by atoms with Crippen LogP contribution in [0, 0.1) is 0 Å². The maximum absolute atomic E-state index is 11.8. The second-order valence-corrected chi connectivity index (χ2v) is 5.27. The molecule has 1 aromatic carbocycles. The van der Waals surface area contributed by atoms with E-state index in [-0.39, 0.29) is 5.57 Å². The first-order chi connectivity index (χ1) is 10.3. The van der Waals surface area contributed by atoms with Crippen molar-refractivity contribution in [1.29, 1.82) is 0 Å². The summed E-state index contributed by atoms with van der Waals surface area (Å²) in [5, 5.41) is 11.2. The summed E-state index contributed by atoms with van der Waals surface area (Å²) in [5.74, 6) is -2.70. The number of aryl methyl sites for hydroxylation is 1. The number of hydrogen-bond acceptors (Lipinski definition) is 7. The average Bonchev–Trinajstić information content (AvgIpc) is 2.75. The molecule has 0 amide bonds. The van der Waals surface area contributed by atoms with Crippen LogP contribution in [0.2, 0.25) is 0 Å². The summed E-state index contributed by atoms with van der Waals surface area (Å²) in [5.41, 5.74) is 1.91. The molecule has 0 atom stereocenters. The third-order valence-corrected chi connectivity index (χ3v) is 2.98. The van der Waals surface area contributed by atoms with Gasteiger partial charge in [0.15, 0.2) is 5.57 Å². The van der Waals surface area contributed by atoms with E-state index in [1.54, 1.807) is 25.2 Å². The van der Waals surface area contributed by atoms with Gasteiger partial charge in [0.2, 0.25) is 0 Å². The maximum atomic E-state index is 11.8. The number of carbonyl (C=O) groups excluding carboxylic acids is 2. The molecule has 0 unspecified atom stereocenters. The summed E-state index contributed by atoms with van der Waals surface area (Å²) < 4.78 is 10.0. The van der Waals surface area contributed by atoms with Crippen LogP contribution in [-0.2, 0) is 26.1 Å². The van der Waals surface area contributed by atoms with Crippen LogP contribution in [0.5, 0.6) is 0 Å². The predicted octanol–water partition coefficient (Wildman–Crippen LogP) is 1.10. The summed E-state index contributed by atoms with van der Waals surface area (Å²) in [4.78, 5) is 25.1. The number of carbonyl (C=O) groups is 2. The van der Waals surface area contributed by atoms with Crippen LogP contribution in [-0.4, -0.2) is 32.7 Å². The van der Waals surface area contributed by atoms with Gasteiger partial charge in [-0.3, -0.25) is 0 Å². The van der Waals surface area contributed by atoms with Gasteiger partial charge in [-0.05, 0) is 18.2 Å². The van der Waals surface area contributed by atoms with Gasteiger partial charge < -0.3 is 14.8 Å². The number of benzene rings is 1. The fourth-order valence-electron chi connectivity index (χ4n) is 2.05. The van der Waals surface area contributed by atoms with Gasteiger partial charge >= 0.3 is 11.9 Å². The maximum Gasteiger partial charge on any atom is 0.350 e. The van der Waals surface area contributed by atoms with E-state index in [9.17, 15) is 9.59 Å². The van der Waals surface area contributed by atoms with Crippen LogP contribution in [0.15, 0.2) is 30.0 Å². The van der Waals surface area contributed by atoms with Crippen molar-refractivity contribution in [1.82, 2.24) is 15.0 Å². The van der Waals surface area contributed by atoms with Gasteiger partial charge in [-0.1, -0.05) is 0 Å². The number of cyclic esters (lactones) is 2. The van der Waals surface area contributed by atoms with Crippen molar-refractivity contribution in [2.45, 2.75) is 19.6 Å². The standard InChI is InChI=1S/C14H14N4O4/c1-14(2)21-12(19)9(13(20)22-14)7-15-8-4-5-10-11(6-8)17-18(3)16-10/h4-7,15H,1-3H3. The number of ether oxygens (including phenoxy) is 2. The van der Waals surface area contributed by atoms with Crippen molar-refractivity contribution >= 4 is 28.7 Å². The summed E-state index contributed by atoms with van der Waals surface area (Å²) >= 11 is 0. The molecule has 1 fully saturated rings. The highest BCUT2D eigenvalue weighted by atomic mass is 16.7. The normalized spacial score (nSPS) is 17.1. The van der Waals surface area contributed by atoms with E-state index in [2.05, 4.69) is 15.5 Å². The molecule has 8 nitrogen and oxygen atoms in total. The second kappa shape index (κ2) is 4.83. The largest absolute Gasteiger partial charge is 0.419 e. The van der Waals surface area contributed by atoms with Crippen molar-refractivity contribution in [3.8, 4) is 0 Å². The van der Waals surface area contributed by atoms with Gasteiger partial charge in [0.1, 0.15) is 11.0 Å². The molecule has 114 valence electrons. The minimum Gasteiger partial charge on any atom is -0.419 e. The lowest BCUT2D eigenvalue weighted by Gasteiger charge is -2.29. The number of nitrogens with zero attached hydrogens (tertiary/aromatic N) is 3. The highest BCUT2D eigenvalue weighted by Crippen LogP contribution is 2.23.